The van der Waals surface area contributed by atoms with Gasteiger partial charge in [0.2, 0.25) is 0 Å². The first-order valence-corrected chi connectivity index (χ1v) is 6.88. The van der Waals surface area contributed by atoms with Gasteiger partial charge in [-0.1, -0.05) is 27.7 Å². The lowest BCUT2D eigenvalue weighted by molar-refractivity contribution is -0.121. The number of hydrogen-bond acceptors (Lipinski definition) is 3. The molecule has 4 nitrogen and oxygen atoms in total. The lowest BCUT2D eigenvalue weighted by Gasteiger charge is -2.29. The topological polar surface area (TPSA) is 46.6 Å². The molecule has 0 unspecified atom stereocenters. The summed E-state index contributed by atoms with van der Waals surface area (Å²) >= 11 is 0. The molecule has 1 heterocycles. The zero-order valence-electron chi connectivity index (χ0n) is 13.0. The van der Waals surface area contributed by atoms with E-state index in [0.717, 1.165) is 0 Å². The zero-order valence-corrected chi connectivity index (χ0v) is 13.0. The number of ketones is 1. The highest BCUT2D eigenvalue weighted by molar-refractivity contribution is 5.81. The van der Waals surface area contributed by atoms with Crippen LogP contribution < -0.4 is 0 Å². The van der Waals surface area contributed by atoms with Gasteiger partial charge in [0, 0.05) is 25.9 Å². The van der Waals surface area contributed by atoms with Gasteiger partial charge >= 0.3 is 6.09 Å². The van der Waals surface area contributed by atoms with E-state index >= 15 is 0 Å². The quantitative estimate of drug-likeness (QED) is 0.667. The molecule has 1 amide bonds. The monoisotopic (exact) mass is 259 g/mol. The van der Waals surface area contributed by atoms with Crippen LogP contribution in [0.5, 0.6) is 0 Å². The van der Waals surface area contributed by atoms with Gasteiger partial charge in [-0.15, -0.1) is 0 Å². The minimum atomic E-state index is -0.460. The summed E-state index contributed by atoms with van der Waals surface area (Å²) in [5.41, 5.74) is -0.460. The Morgan fingerprint density at radius 1 is 1.06 bits per heavy atom. The third kappa shape index (κ3) is 9.02. The van der Waals surface area contributed by atoms with Crippen LogP contribution in [0.1, 0.15) is 61.3 Å². The van der Waals surface area contributed by atoms with Crippen molar-refractivity contribution in [3.63, 3.8) is 0 Å². The third-order valence-electron chi connectivity index (χ3n) is 1.97. The fourth-order valence-corrected chi connectivity index (χ4v) is 1.27. The van der Waals surface area contributed by atoms with E-state index in [-0.39, 0.29) is 11.9 Å². The Morgan fingerprint density at radius 3 is 1.78 bits per heavy atom. The van der Waals surface area contributed by atoms with Gasteiger partial charge in [-0.05, 0) is 20.8 Å². The van der Waals surface area contributed by atoms with E-state index in [2.05, 4.69) is 0 Å². The largest absolute Gasteiger partial charge is 0.444 e. The number of piperidine rings is 1. The molecule has 0 aromatic rings. The van der Waals surface area contributed by atoms with E-state index in [1.165, 1.54) is 0 Å². The Labute approximate surface area is 112 Å². The van der Waals surface area contributed by atoms with Crippen molar-refractivity contribution in [2.24, 2.45) is 0 Å². The highest BCUT2D eigenvalue weighted by Crippen LogP contribution is 2.13. The lowest BCUT2D eigenvalue weighted by atomic mass is 10.1. The molecule has 0 radical (unpaired) electrons. The molecule has 0 aliphatic carbocycles. The predicted molar refractivity (Wildman–Crippen MR) is 74.7 cm³/mol. The van der Waals surface area contributed by atoms with Gasteiger partial charge in [-0.3, -0.25) is 4.79 Å². The Hall–Kier alpha value is -1.06. The smallest absolute Gasteiger partial charge is 0.410 e. The summed E-state index contributed by atoms with van der Waals surface area (Å²) < 4.78 is 5.19. The van der Waals surface area contributed by atoms with Crippen LogP contribution in [0.2, 0.25) is 0 Å². The maximum absolute atomic E-state index is 11.5. The number of Topliss-reactive ketones (excluding diaryl/α,β-unsaturated/α-hetero) is 1. The van der Waals surface area contributed by atoms with E-state index in [1.54, 1.807) is 4.90 Å². The van der Waals surface area contributed by atoms with Crippen LogP contribution in [0.25, 0.3) is 0 Å². The van der Waals surface area contributed by atoms with E-state index < -0.39 is 5.60 Å². The maximum Gasteiger partial charge on any atom is 0.410 e. The van der Waals surface area contributed by atoms with Gasteiger partial charge in [-0.2, -0.15) is 0 Å². The van der Waals surface area contributed by atoms with E-state index in [4.69, 9.17) is 4.74 Å². The molecule has 0 bridgehead atoms. The SMILES string of the molecule is CC.CC.CC(C)(C)OC(=O)N1CCC(=O)CC1. The van der Waals surface area contributed by atoms with Crippen LogP contribution in [-0.2, 0) is 9.53 Å². The van der Waals surface area contributed by atoms with Crippen molar-refractivity contribution < 1.29 is 14.3 Å². The predicted octanol–water partition coefficient (Wildman–Crippen LogP) is 3.64. The molecule has 0 saturated carbocycles. The summed E-state index contributed by atoms with van der Waals surface area (Å²) in [6.07, 6.45) is 0.600. The van der Waals surface area contributed by atoms with Crippen LogP contribution in [0.4, 0.5) is 4.79 Å². The number of rotatable bonds is 0. The minimum Gasteiger partial charge on any atom is -0.444 e. The maximum atomic E-state index is 11.5. The number of nitrogens with zero attached hydrogens (tertiary/aromatic N) is 1. The molecule has 1 rings (SSSR count). The van der Waals surface area contributed by atoms with Crippen LogP contribution in [0.3, 0.4) is 0 Å². The number of carbonyl (C=O) groups excluding carboxylic acids is 2. The lowest BCUT2D eigenvalue weighted by Crippen LogP contribution is -2.41. The Morgan fingerprint density at radius 2 is 1.44 bits per heavy atom. The number of carbonyl (C=O) groups is 2. The summed E-state index contributed by atoms with van der Waals surface area (Å²) in [4.78, 5) is 24.0. The Balaban J connectivity index is 0. The van der Waals surface area contributed by atoms with Crippen molar-refractivity contribution in [1.29, 1.82) is 0 Å². The van der Waals surface area contributed by atoms with Crippen LogP contribution >= 0.6 is 0 Å². The molecule has 1 fully saturated rings. The second kappa shape index (κ2) is 9.92. The molecule has 0 aromatic carbocycles. The fraction of sp³-hybridized carbons (Fsp3) is 0.857. The summed E-state index contributed by atoms with van der Waals surface area (Å²) in [5, 5.41) is 0. The molecule has 0 spiro atoms. The zero-order chi connectivity index (χ0) is 14.8. The third-order valence-corrected chi connectivity index (χ3v) is 1.97. The van der Waals surface area contributed by atoms with Crippen molar-refractivity contribution in [2.45, 2.75) is 66.9 Å². The van der Waals surface area contributed by atoms with Crippen molar-refractivity contribution in [1.82, 2.24) is 4.90 Å². The van der Waals surface area contributed by atoms with Crippen LogP contribution in [0, 0.1) is 0 Å². The van der Waals surface area contributed by atoms with Gasteiger partial charge in [0.1, 0.15) is 11.4 Å². The van der Waals surface area contributed by atoms with Crippen molar-refractivity contribution in [3.8, 4) is 0 Å². The molecule has 0 atom stereocenters. The molecule has 1 aliphatic rings. The van der Waals surface area contributed by atoms with Gasteiger partial charge in [0.25, 0.3) is 0 Å². The summed E-state index contributed by atoms with van der Waals surface area (Å²) in [7, 11) is 0. The number of hydrogen-bond donors (Lipinski definition) is 0. The van der Waals surface area contributed by atoms with E-state index in [1.807, 2.05) is 48.5 Å². The van der Waals surface area contributed by atoms with Crippen molar-refractivity contribution in [3.05, 3.63) is 0 Å². The Bertz CT molecular complexity index is 234. The average Bonchev–Trinajstić information content (AvgIpc) is 2.33. The van der Waals surface area contributed by atoms with Gasteiger partial charge < -0.3 is 9.64 Å². The first-order chi connectivity index (χ1) is 8.38. The molecule has 0 aromatic heterocycles. The first kappa shape index (κ1) is 19.3. The van der Waals surface area contributed by atoms with E-state index in [0.29, 0.717) is 25.9 Å². The average molecular weight is 259 g/mol. The number of likely N-dealkylation sites (tertiary alicyclic amines) is 1. The summed E-state index contributed by atoms with van der Waals surface area (Å²) in [6.45, 7) is 14.5. The minimum absolute atomic E-state index is 0.227. The first-order valence-electron chi connectivity index (χ1n) is 6.88. The normalized spacial score (nSPS) is 14.8. The highest BCUT2D eigenvalue weighted by Gasteiger charge is 2.25. The number of amides is 1. The van der Waals surface area contributed by atoms with Gasteiger partial charge in [0.05, 0.1) is 0 Å². The second-order valence-electron chi connectivity index (χ2n) is 4.51. The summed E-state index contributed by atoms with van der Waals surface area (Å²) in [6, 6.07) is 0. The van der Waals surface area contributed by atoms with Crippen LogP contribution in [-0.4, -0.2) is 35.5 Å². The molecule has 0 N–H and O–H groups in total. The fourth-order valence-electron chi connectivity index (χ4n) is 1.27. The standard InChI is InChI=1S/C10H17NO3.2C2H6/c1-10(2,3)14-9(13)11-6-4-8(12)5-7-11;2*1-2/h4-7H2,1-3H3;2*1-2H3. The van der Waals surface area contributed by atoms with Crippen molar-refractivity contribution >= 4 is 11.9 Å². The highest BCUT2D eigenvalue weighted by atomic mass is 16.6. The molecular weight excluding hydrogens is 230 g/mol. The molecular formula is C14H29NO3. The molecule has 4 heteroatoms. The molecule has 108 valence electrons. The van der Waals surface area contributed by atoms with E-state index in [9.17, 15) is 9.59 Å². The Kier molecular flexibility index (Phi) is 10.6. The molecule has 18 heavy (non-hydrogen) atoms. The molecule has 1 saturated heterocycles. The van der Waals surface area contributed by atoms with Gasteiger partial charge in [-0.25, -0.2) is 4.79 Å². The van der Waals surface area contributed by atoms with Crippen molar-refractivity contribution in [2.75, 3.05) is 13.1 Å². The van der Waals surface area contributed by atoms with Crippen LogP contribution in [0.15, 0.2) is 0 Å². The number of ether oxygens (including phenoxy) is 1. The second-order valence-corrected chi connectivity index (χ2v) is 4.51. The summed E-state index contributed by atoms with van der Waals surface area (Å²) in [5.74, 6) is 0.227. The molecule has 1 aliphatic heterocycles. The van der Waals surface area contributed by atoms with Gasteiger partial charge in [0.15, 0.2) is 0 Å².